The number of allylic oxidation sites excluding steroid dienone is 2. The molecule has 0 spiro atoms. The average Bonchev–Trinajstić information content (AvgIpc) is 2.90. The van der Waals surface area contributed by atoms with Gasteiger partial charge in [0, 0.05) is 10.7 Å². The van der Waals surface area contributed by atoms with Crippen LogP contribution in [0.15, 0.2) is 30.4 Å². The standard InChI is InChI=1S/C20H21ClN2O5/c1-11-15(21)8-5-9-16(11)22-18(25)12(2)28-17(24)10-23-19(26)13-6-3-4-7-14(13)20(23)27/h3-5,8-9,12-14H,6-7,10H2,1-2H3,(H,22,25)/t12-,13-,14+/m0/s1. The molecule has 28 heavy (non-hydrogen) atoms. The number of fused-ring (bicyclic) bond motifs is 1. The minimum Gasteiger partial charge on any atom is -0.451 e. The maximum Gasteiger partial charge on any atom is 0.326 e. The molecule has 8 heteroatoms. The molecule has 2 aliphatic rings. The van der Waals surface area contributed by atoms with E-state index < -0.39 is 36.4 Å². The summed E-state index contributed by atoms with van der Waals surface area (Å²) in [4.78, 5) is 50.2. The first-order valence-corrected chi connectivity index (χ1v) is 9.43. The molecule has 0 unspecified atom stereocenters. The minimum atomic E-state index is -1.09. The van der Waals surface area contributed by atoms with Crippen LogP contribution in [-0.2, 0) is 23.9 Å². The number of amides is 3. The Morgan fingerprint density at radius 2 is 1.82 bits per heavy atom. The van der Waals surface area contributed by atoms with Crippen LogP contribution in [0.4, 0.5) is 5.69 Å². The third kappa shape index (κ3) is 3.94. The highest BCUT2D eigenvalue weighted by molar-refractivity contribution is 6.31. The smallest absolute Gasteiger partial charge is 0.326 e. The van der Waals surface area contributed by atoms with Crippen molar-refractivity contribution in [3.05, 3.63) is 40.9 Å². The van der Waals surface area contributed by atoms with E-state index in [4.69, 9.17) is 16.3 Å². The predicted octanol–water partition coefficient (Wildman–Crippen LogP) is 2.47. The fourth-order valence-corrected chi connectivity index (χ4v) is 3.59. The lowest BCUT2D eigenvalue weighted by Gasteiger charge is -2.18. The molecular weight excluding hydrogens is 384 g/mol. The van der Waals surface area contributed by atoms with Crippen LogP contribution in [0.3, 0.4) is 0 Å². The van der Waals surface area contributed by atoms with Gasteiger partial charge in [0.25, 0.3) is 5.91 Å². The molecule has 1 saturated heterocycles. The first-order chi connectivity index (χ1) is 13.3. The van der Waals surface area contributed by atoms with Crippen molar-refractivity contribution in [2.24, 2.45) is 11.8 Å². The summed E-state index contributed by atoms with van der Waals surface area (Å²) >= 11 is 6.03. The number of carbonyl (C=O) groups is 4. The Kier molecular flexibility index (Phi) is 5.84. The van der Waals surface area contributed by atoms with Crippen LogP contribution in [0.2, 0.25) is 5.02 Å². The van der Waals surface area contributed by atoms with Gasteiger partial charge in [-0.1, -0.05) is 29.8 Å². The second kappa shape index (κ2) is 8.14. The molecule has 1 aromatic carbocycles. The van der Waals surface area contributed by atoms with E-state index in [0.717, 1.165) is 4.90 Å². The quantitative estimate of drug-likeness (QED) is 0.462. The Bertz CT molecular complexity index is 840. The van der Waals surface area contributed by atoms with Crippen molar-refractivity contribution in [3.8, 4) is 0 Å². The molecule has 1 aliphatic heterocycles. The van der Waals surface area contributed by atoms with Gasteiger partial charge in [-0.2, -0.15) is 0 Å². The summed E-state index contributed by atoms with van der Waals surface area (Å²) in [6, 6.07) is 5.08. The lowest BCUT2D eigenvalue weighted by Crippen LogP contribution is -2.39. The Labute approximate surface area is 167 Å². The largest absolute Gasteiger partial charge is 0.451 e. The van der Waals surface area contributed by atoms with Gasteiger partial charge in [-0.05, 0) is 44.4 Å². The maximum absolute atomic E-state index is 12.4. The maximum atomic E-state index is 12.4. The summed E-state index contributed by atoms with van der Waals surface area (Å²) in [6.07, 6.45) is 3.65. The summed E-state index contributed by atoms with van der Waals surface area (Å²) in [5.74, 6) is -2.87. The zero-order valence-corrected chi connectivity index (χ0v) is 16.4. The second-order valence-corrected chi connectivity index (χ2v) is 7.36. The molecule has 7 nitrogen and oxygen atoms in total. The summed E-state index contributed by atoms with van der Waals surface area (Å²) in [5, 5.41) is 3.16. The van der Waals surface area contributed by atoms with Crippen molar-refractivity contribution in [2.45, 2.75) is 32.8 Å². The molecule has 1 aromatic rings. The molecule has 148 valence electrons. The van der Waals surface area contributed by atoms with Crippen LogP contribution < -0.4 is 5.32 Å². The summed E-state index contributed by atoms with van der Waals surface area (Å²) in [5.41, 5.74) is 1.21. The average molecular weight is 405 g/mol. The van der Waals surface area contributed by atoms with E-state index in [2.05, 4.69) is 5.32 Å². The van der Waals surface area contributed by atoms with Crippen molar-refractivity contribution in [1.29, 1.82) is 0 Å². The predicted molar refractivity (Wildman–Crippen MR) is 102 cm³/mol. The summed E-state index contributed by atoms with van der Waals surface area (Å²) < 4.78 is 5.12. The lowest BCUT2D eigenvalue weighted by atomic mass is 9.85. The number of benzene rings is 1. The fourth-order valence-electron chi connectivity index (χ4n) is 3.42. The zero-order valence-electron chi connectivity index (χ0n) is 15.6. The Morgan fingerprint density at radius 3 is 2.43 bits per heavy atom. The van der Waals surface area contributed by atoms with Crippen molar-refractivity contribution >= 4 is 41.0 Å². The van der Waals surface area contributed by atoms with Gasteiger partial charge in [-0.3, -0.25) is 24.1 Å². The number of nitrogens with zero attached hydrogens (tertiary/aromatic N) is 1. The molecule has 3 atom stereocenters. The molecule has 0 bridgehead atoms. The van der Waals surface area contributed by atoms with E-state index in [-0.39, 0.29) is 11.8 Å². The lowest BCUT2D eigenvalue weighted by molar-refractivity contribution is -0.158. The molecule has 3 rings (SSSR count). The second-order valence-electron chi connectivity index (χ2n) is 6.95. The number of anilines is 1. The number of hydrogen-bond donors (Lipinski definition) is 1. The van der Waals surface area contributed by atoms with Crippen molar-refractivity contribution in [3.63, 3.8) is 0 Å². The van der Waals surface area contributed by atoms with Gasteiger partial charge in [0.1, 0.15) is 6.54 Å². The van der Waals surface area contributed by atoms with Gasteiger partial charge in [-0.15, -0.1) is 0 Å². The number of likely N-dealkylation sites (tertiary alicyclic amines) is 1. The van der Waals surface area contributed by atoms with Gasteiger partial charge in [0.05, 0.1) is 11.8 Å². The molecule has 3 amide bonds. The highest BCUT2D eigenvalue weighted by atomic mass is 35.5. The first-order valence-electron chi connectivity index (χ1n) is 9.05. The number of hydrogen-bond acceptors (Lipinski definition) is 5. The topological polar surface area (TPSA) is 92.8 Å². The number of ether oxygens (including phenoxy) is 1. The minimum absolute atomic E-state index is 0.358. The third-order valence-corrected chi connectivity index (χ3v) is 5.50. The van der Waals surface area contributed by atoms with Crippen LogP contribution >= 0.6 is 11.6 Å². The highest BCUT2D eigenvalue weighted by Crippen LogP contribution is 2.34. The van der Waals surface area contributed by atoms with E-state index in [0.29, 0.717) is 29.1 Å². The SMILES string of the molecule is Cc1c(Cl)cccc1NC(=O)[C@H](C)OC(=O)CN1C(=O)[C@H]2CC=CC[C@H]2C1=O. The van der Waals surface area contributed by atoms with E-state index in [1.165, 1.54) is 6.92 Å². The Morgan fingerprint density at radius 1 is 1.21 bits per heavy atom. The van der Waals surface area contributed by atoms with Crippen LogP contribution in [0.25, 0.3) is 0 Å². The molecular formula is C20H21ClN2O5. The number of imide groups is 1. The fraction of sp³-hybridized carbons (Fsp3) is 0.400. The Hall–Kier alpha value is -2.67. The molecule has 0 radical (unpaired) electrons. The highest BCUT2D eigenvalue weighted by Gasteiger charge is 2.47. The molecule has 1 fully saturated rings. The Balaban J connectivity index is 1.57. The van der Waals surface area contributed by atoms with E-state index in [9.17, 15) is 19.2 Å². The molecule has 1 heterocycles. The van der Waals surface area contributed by atoms with E-state index in [1.54, 1.807) is 25.1 Å². The zero-order chi connectivity index (χ0) is 20.4. The van der Waals surface area contributed by atoms with Crippen molar-refractivity contribution in [1.82, 2.24) is 4.90 Å². The monoisotopic (exact) mass is 404 g/mol. The number of nitrogens with one attached hydrogen (secondary N) is 1. The normalized spacial score (nSPS) is 22.0. The number of halogens is 1. The molecule has 1 aliphatic carbocycles. The van der Waals surface area contributed by atoms with Crippen LogP contribution in [0.5, 0.6) is 0 Å². The van der Waals surface area contributed by atoms with Gasteiger partial charge in [0.15, 0.2) is 6.10 Å². The number of carbonyl (C=O) groups excluding carboxylic acids is 4. The summed E-state index contributed by atoms with van der Waals surface area (Å²) in [7, 11) is 0. The van der Waals surface area contributed by atoms with E-state index >= 15 is 0 Å². The van der Waals surface area contributed by atoms with Crippen molar-refractivity contribution < 1.29 is 23.9 Å². The van der Waals surface area contributed by atoms with Gasteiger partial charge in [-0.25, -0.2) is 0 Å². The summed E-state index contributed by atoms with van der Waals surface area (Å²) in [6.45, 7) is 2.69. The number of esters is 1. The van der Waals surface area contributed by atoms with Crippen LogP contribution in [0, 0.1) is 18.8 Å². The number of rotatable bonds is 5. The van der Waals surface area contributed by atoms with Crippen LogP contribution in [0.1, 0.15) is 25.3 Å². The third-order valence-electron chi connectivity index (χ3n) is 5.09. The van der Waals surface area contributed by atoms with E-state index in [1.807, 2.05) is 12.2 Å². The van der Waals surface area contributed by atoms with Gasteiger partial charge < -0.3 is 10.1 Å². The molecule has 0 aromatic heterocycles. The van der Waals surface area contributed by atoms with Crippen LogP contribution in [-0.4, -0.2) is 41.2 Å². The molecule has 1 N–H and O–H groups in total. The molecule has 0 saturated carbocycles. The van der Waals surface area contributed by atoms with Gasteiger partial charge >= 0.3 is 5.97 Å². The first kappa shape index (κ1) is 20.1. The van der Waals surface area contributed by atoms with Crippen molar-refractivity contribution in [2.75, 3.05) is 11.9 Å². The van der Waals surface area contributed by atoms with Gasteiger partial charge in [0.2, 0.25) is 11.8 Å².